The van der Waals surface area contributed by atoms with Gasteiger partial charge in [-0.2, -0.15) is 0 Å². The number of ether oxygens (including phenoxy) is 1. The van der Waals surface area contributed by atoms with Gasteiger partial charge in [-0.1, -0.05) is 24.3 Å². The normalized spacial score (nSPS) is 22.8. The number of aromatic nitrogens is 1. The Kier molecular flexibility index (Phi) is 3.27. The summed E-state index contributed by atoms with van der Waals surface area (Å²) < 4.78 is 5.68. The van der Waals surface area contributed by atoms with Crippen LogP contribution in [0.25, 0.3) is 10.9 Å². The molecule has 2 N–H and O–H groups in total. The fourth-order valence-corrected chi connectivity index (χ4v) is 4.92. The van der Waals surface area contributed by atoms with Gasteiger partial charge in [0.15, 0.2) is 6.73 Å². The Hall–Kier alpha value is -3.48. The zero-order chi connectivity index (χ0) is 19.7. The average molecular weight is 388 g/mol. The zero-order valence-corrected chi connectivity index (χ0v) is 15.9. The van der Waals surface area contributed by atoms with Gasteiger partial charge >= 0.3 is 0 Å². The summed E-state index contributed by atoms with van der Waals surface area (Å²) in [6.07, 6.45) is 0.522. The van der Waals surface area contributed by atoms with E-state index in [0.29, 0.717) is 13.2 Å². The number of nitrogens with one attached hydrogen (secondary N) is 2. The Morgan fingerprint density at radius 1 is 1.14 bits per heavy atom. The van der Waals surface area contributed by atoms with Gasteiger partial charge in [-0.15, -0.1) is 0 Å². The maximum absolute atomic E-state index is 13.1. The van der Waals surface area contributed by atoms with Crippen LogP contribution in [0.3, 0.4) is 0 Å². The first-order valence-electron chi connectivity index (χ1n) is 9.78. The molecule has 0 spiro atoms. The fourth-order valence-electron chi connectivity index (χ4n) is 4.92. The smallest absolute Gasteiger partial charge is 0.245 e. The summed E-state index contributed by atoms with van der Waals surface area (Å²) >= 11 is 0. The van der Waals surface area contributed by atoms with Crippen LogP contribution in [0.15, 0.2) is 42.5 Å². The van der Waals surface area contributed by atoms with Gasteiger partial charge < -0.3 is 24.8 Å². The zero-order valence-electron chi connectivity index (χ0n) is 15.9. The van der Waals surface area contributed by atoms with Crippen LogP contribution >= 0.6 is 0 Å². The number of anilines is 1. The third kappa shape index (κ3) is 2.24. The van der Waals surface area contributed by atoms with Crippen LogP contribution in [-0.2, 0) is 16.0 Å². The van der Waals surface area contributed by atoms with Crippen molar-refractivity contribution in [3.8, 4) is 5.75 Å². The molecule has 3 aliphatic rings. The summed E-state index contributed by atoms with van der Waals surface area (Å²) in [4.78, 5) is 33.0. The van der Waals surface area contributed by atoms with Crippen molar-refractivity contribution in [2.24, 2.45) is 0 Å². The molecular formula is C22H20N4O3. The van der Waals surface area contributed by atoms with Gasteiger partial charge in [-0.05, 0) is 29.3 Å². The van der Waals surface area contributed by atoms with Gasteiger partial charge in [0.1, 0.15) is 11.8 Å². The molecule has 1 fully saturated rings. The van der Waals surface area contributed by atoms with E-state index in [-0.39, 0.29) is 24.4 Å². The van der Waals surface area contributed by atoms with E-state index in [1.165, 1.54) is 4.90 Å². The van der Waals surface area contributed by atoms with Crippen molar-refractivity contribution in [2.75, 3.05) is 25.6 Å². The van der Waals surface area contributed by atoms with E-state index in [2.05, 4.69) is 16.4 Å². The predicted molar refractivity (Wildman–Crippen MR) is 108 cm³/mol. The molecule has 6 rings (SSSR count). The maximum Gasteiger partial charge on any atom is 0.245 e. The van der Waals surface area contributed by atoms with Crippen molar-refractivity contribution in [3.05, 3.63) is 59.3 Å². The highest BCUT2D eigenvalue weighted by molar-refractivity contribution is 5.97. The molecule has 29 heavy (non-hydrogen) atoms. The van der Waals surface area contributed by atoms with Crippen LogP contribution < -0.4 is 10.1 Å². The molecular weight excluding hydrogens is 368 g/mol. The number of para-hydroxylation sites is 1. The fraction of sp³-hybridized carbons (Fsp3) is 0.273. The van der Waals surface area contributed by atoms with Crippen LogP contribution in [0.4, 0.5) is 5.69 Å². The van der Waals surface area contributed by atoms with Crippen LogP contribution in [0.5, 0.6) is 5.75 Å². The van der Waals surface area contributed by atoms with E-state index in [9.17, 15) is 9.59 Å². The minimum absolute atomic E-state index is 0.00962. The number of fused-ring (bicyclic) bond motifs is 5. The highest BCUT2D eigenvalue weighted by Crippen LogP contribution is 2.44. The number of hydrogen-bond donors (Lipinski definition) is 2. The highest BCUT2D eigenvalue weighted by atomic mass is 16.5. The number of likely N-dealkylation sites (N-methyl/N-ethyl adjacent to an activating group) is 1. The van der Waals surface area contributed by atoms with Crippen LogP contribution in [-0.4, -0.2) is 53.0 Å². The number of carbonyl (C=O) groups is 2. The lowest BCUT2D eigenvalue weighted by Crippen LogP contribution is -2.62. The number of rotatable bonds is 1. The highest BCUT2D eigenvalue weighted by Gasteiger charge is 2.47. The van der Waals surface area contributed by atoms with Crippen molar-refractivity contribution in [1.29, 1.82) is 0 Å². The lowest BCUT2D eigenvalue weighted by molar-refractivity contribution is -0.157. The van der Waals surface area contributed by atoms with E-state index < -0.39 is 6.04 Å². The summed E-state index contributed by atoms with van der Waals surface area (Å²) in [5, 5.41) is 4.29. The monoisotopic (exact) mass is 388 g/mol. The summed E-state index contributed by atoms with van der Waals surface area (Å²) in [5.74, 6) is 0.728. The van der Waals surface area contributed by atoms with E-state index in [4.69, 9.17) is 4.74 Å². The summed E-state index contributed by atoms with van der Waals surface area (Å²) in [6.45, 7) is 0.542. The number of amides is 2. The second-order valence-corrected chi connectivity index (χ2v) is 7.90. The average Bonchev–Trinajstić information content (AvgIpc) is 3.34. The number of carbonyl (C=O) groups excluding carboxylic acids is 2. The number of nitrogens with zero attached hydrogens (tertiary/aromatic N) is 2. The molecule has 3 aliphatic heterocycles. The first-order chi connectivity index (χ1) is 14.1. The molecule has 1 saturated heterocycles. The molecule has 2 amide bonds. The number of benzene rings is 2. The Morgan fingerprint density at radius 2 is 2.00 bits per heavy atom. The second-order valence-electron chi connectivity index (χ2n) is 7.90. The van der Waals surface area contributed by atoms with Gasteiger partial charge in [-0.25, -0.2) is 0 Å². The third-order valence-corrected chi connectivity index (χ3v) is 6.26. The van der Waals surface area contributed by atoms with E-state index in [1.54, 1.807) is 11.9 Å². The largest absolute Gasteiger partial charge is 0.471 e. The maximum atomic E-state index is 13.1. The topological polar surface area (TPSA) is 77.7 Å². The summed E-state index contributed by atoms with van der Waals surface area (Å²) in [6, 6.07) is 13.2. The van der Waals surface area contributed by atoms with E-state index in [1.807, 2.05) is 36.4 Å². The summed E-state index contributed by atoms with van der Waals surface area (Å²) in [5.41, 5.74) is 5.01. The van der Waals surface area contributed by atoms with Gasteiger partial charge in [0, 0.05) is 30.1 Å². The quantitative estimate of drug-likeness (QED) is 0.670. The molecule has 146 valence electrons. The summed E-state index contributed by atoms with van der Waals surface area (Å²) in [7, 11) is 1.70. The number of aromatic amines is 1. The van der Waals surface area contributed by atoms with Crippen molar-refractivity contribution in [3.63, 3.8) is 0 Å². The number of hydrogen-bond acceptors (Lipinski definition) is 4. The van der Waals surface area contributed by atoms with Gasteiger partial charge in [-0.3, -0.25) is 9.59 Å². The Balaban J connectivity index is 1.59. The first-order valence-corrected chi connectivity index (χ1v) is 9.78. The molecule has 0 aliphatic carbocycles. The molecule has 0 radical (unpaired) electrons. The van der Waals surface area contributed by atoms with Gasteiger partial charge in [0.25, 0.3) is 0 Å². The number of piperazine rings is 1. The molecule has 2 unspecified atom stereocenters. The minimum Gasteiger partial charge on any atom is -0.471 e. The molecule has 2 aromatic carbocycles. The van der Waals surface area contributed by atoms with E-state index in [0.717, 1.165) is 39.2 Å². The molecule has 3 aromatic rings. The van der Waals surface area contributed by atoms with Crippen molar-refractivity contribution < 1.29 is 14.3 Å². The van der Waals surface area contributed by atoms with Gasteiger partial charge in [0.05, 0.1) is 18.3 Å². The Bertz CT molecular complexity index is 1180. The Morgan fingerprint density at radius 3 is 2.90 bits per heavy atom. The van der Waals surface area contributed by atoms with Crippen molar-refractivity contribution >= 4 is 28.4 Å². The predicted octanol–water partition coefficient (Wildman–Crippen LogP) is 2.24. The SMILES string of the molecule is CN1CC(=O)N2C(Cc3c([nH]c4ccccc34)C2c2ccc3c(c2)OCN3)C1=O. The van der Waals surface area contributed by atoms with Crippen LogP contribution in [0, 0.1) is 0 Å². The van der Waals surface area contributed by atoms with Crippen LogP contribution in [0.1, 0.15) is 22.9 Å². The molecule has 4 heterocycles. The van der Waals surface area contributed by atoms with Crippen molar-refractivity contribution in [2.45, 2.75) is 18.5 Å². The first kappa shape index (κ1) is 16.5. The van der Waals surface area contributed by atoms with Gasteiger partial charge in [0.2, 0.25) is 11.8 Å². The third-order valence-electron chi connectivity index (χ3n) is 6.26. The van der Waals surface area contributed by atoms with Crippen molar-refractivity contribution in [1.82, 2.24) is 14.8 Å². The lowest BCUT2D eigenvalue weighted by Gasteiger charge is -2.46. The molecule has 0 bridgehead atoms. The molecule has 7 heteroatoms. The minimum atomic E-state index is -0.495. The second kappa shape index (κ2) is 5.76. The molecule has 2 atom stereocenters. The standard InChI is InChI=1S/C22H20N4O3/c1-25-10-19(27)26-17(22(25)28)9-14-13-4-2-3-5-15(13)24-20(14)21(26)12-6-7-16-18(8-12)29-11-23-16/h2-8,17,21,23-24H,9-11H2,1H3. The number of H-pyrrole nitrogens is 1. The lowest BCUT2D eigenvalue weighted by atomic mass is 9.86. The molecule has 0 saturated carbocycles. The Labute approximate surface area is 167 Å². The van der Waals surface area contributed by atoms with E-state index >= 15 is 0 Å². The molecule has 1 aromatic heterocycles. The van der Waals surface area contributed by atoms with Crippen LogP contribution in [0.2, 0.25) is 0 Å². The molecule has 7 nitrogen and oxygen atoms in total.